The van der Waals surface area contributed by atoms with Crippen LogP contribution in [-0.2, 0) is 31.8 Å². The number of aromatic nitrogens is 4. The number of nitrogens with two attached hydrogens (primary N) is 6. The Labute approximate surface area is 473 Å². The zero-order valence-corrected chi connectivity index (χ0v) is 46.4. The quantitative estimate of drug-likeness (QED) is 0.0178. The number of benzene rings is 2. The molecule has 0 saturated carbocycles. The van der Waals surface area contributed by atoms with Gasteiger partial charge in [0.15, 0.2) is 56.9 Å². The van der Waals surface area contributed by atoms with Gasteiger partial charge in [0, 0.05) is 26.2 Å². The Hall–Kier alpha value is -7.76. The molecule has 0 saturated heterocycles. The molecule has 0 spiro atoms. The number of ether oxygens (including phenoxy) is 6. The molecule has 2 unspecified atom stereocenters. The van der Waals surface area contributed by atoms with Gasteiger partial charge in [-0.3, -0.25) is 30.2 Å². The number of nitrogens with zero attached hydrogens (tertiary/aromatic N) is 6. The highest BCUT2D eigenvalue weighted by atomic mass is 35.5. The first-order valence-electron chi connectivity index (χ1n) is 25.7. The molecule has 0 bridgehead atoms. The van der Waals surface area contributed by atoms with E-state index in [0.29, 0.717) is 129 Å². The maximum Gasteiger partial charge on any atom is 0.314 e. The van der Waals surface area contributed by atoms with E-state index in [1.54, 1.807) is 0 Å². The SMILES string of the molecule is CC(CCc1ccc(OCCOCCOCCNC(=O)NCCCCNC(=O)NCCOCCOCCOc2ccc(CCC(C)N=C(N)NC(=O)c3nc(Cl)c(N)nc3N)cc2)cc1)N=C(N)NC(=O)c1nc(Cl)c(N)nc1N. The zero-order valence-electron chi connectivity index (χ0n) is 44.9. The predicted octanol–water partition coefficient (Wildman–Crippen LogP) is 1.94. The van der Waals surface area contributed by atoms with Crippen molar-refractivity contribution in [2.24, 2.45) is 21.5 Å². The van der Waals surface area contributed by atoms with Crippen LogP contribution in [0.15, 0.2) is 58.5 Å². The van der Waals surface area contributed by atoms with E-state index >= 15 is 0 Å². The van der Waals surface area contributed by atoms with Gasteiger partial charge in [0.25, 0.3) is 11.8 Å². The molecule has 438 valence electrons. The van der Waals surface area contributed by atoms with Crippen molar-refractivity contribution in [2.75, 3.05) is 115 Å². The van der Waals surface area contributed by atoms with Gasteiger partial charge in [-0.15, -0.1) is 0 Å². The van der Waals surface area contributed by atoms with Crippen LogP contribution < -0.4 is 75.8 Å². The highest BCUT2D eigenvalue weighted by Crippen LogP contribution is 2.20. The molecule has 18 N–H and O–H groups in total. The van der Waals surface area contributed by atoms with Gasteiger partial charge in [0.1, 0.15) is 24.7 Å². The molecule has 0 aliphatic carbocycles. The molecule has 30 heteroatoms. The maximum absolute atomic E-state index is 12.5. The molecule has 6 amide bonds. The van der Waals surface area contributed by atoms with E-state index in [1.807, 2.05) is 62.4 Å². The minimum atomic E-state index is -0.701. The minimum absolute atomic E-state index is 0.0860. The zero-order chi connectivity index (χ0) is 58.1. The second-order valence-electron chi connectivity index (χ2n) is 17.5. The molecule has 2 aromatic heterocycles. The van der Waals surface area contributed by atoms with Gasteiger partial charge >= 0.3 is 12.1 Å². The molecular weight excluding hydrogens is 1080 g/mol. The van der Waals surface area contributed by atoms with Crippen molar-refractivity contribution in [3.8, 4) is 11.5 Å². The summed E-state index contributed by atoms with van der Waals surface area (Å²) < 4.78 is 33.7. The summed E-state index contributed by atoms with van der Waals surface area (Å²) in [6.45, 7) is 8.96. The maximum atomic E-state index is 12.5. The lowest BCUT2D eigenvalue weighted by Crippen LogP contribution is -2.39. The average Bonchev–Trinajstić information content (AvgIpc) is 3.42. The van der Waals surface area contributed by atoms with E-state index in [9.17, 15) is 19.2 Å². The summed E-state index contributed by atoms with van der Waals surface area (Å²) in [4.78, 5) is 73.0. The van der Waals surface area contributed by atoms with Gasteiger partial charge < -0.3 is 84.1 Å². The van der Waals surface area contributed by atoms with E-state index in [-0.39, 0.29) is 81.0 Å². The van der Waals surface area contributed by atoms with Crippen LogP contribution in [-0.4, -0.2) is 160 Å². The summed E-state index contributed by atoms with van der Waals surface area (Å²) in [5, 5.41) is 15.6. The summed E-state index contributed by atoms with van der Waals surface area (Å²) in [5.74, 6) is -0.703. The first kappa shape index (κ1) is 64.8. The summed E-state index contributed by atoms with van der Waals surface area (Å²) >= 11 is 11.7. The van der Waals surface area contributed by atoms with Crippen LogP contribution in [0.5, 0.6) is 11.5 Å². The fourth-order valence-corrected chi connectivity index (χ4v) is 7.08. The number of halogens is 2. The minimum Gasteiger partial charge on any atom is -0.491 e. The number of aliphatic imine (C=N–C) groups is 2. The number of aryl methyl sites for hydroxylation is 2. The molecule has 4 aromatic rings. The van der Waals surface area contributed by atoms with Gasteiger partial charge in [-0.1, -0.05) is 47.5 Å². The van der Waals surface area contributed by atoms with Crippen molar-refractivity contribution in [3.63, 3.8) is 0 Å². The number of hydrogen-bond acceptors (Lipinski definition) is 20. The molecule has 2 heterocycles. The lowest BCUT2D eigenvalue weighted by atomic mass is 10.1. The topological polar surface area (TPSA) is 428 Å². The van der Waals surface area contributed by atoms with Crippen LogP contribution in [0.3, 0.4) is 0 Å². The van der Waals surface area contributed by atoms with Crippen molar-refractivity contribution in [1.29, 1.82) is 0 Å². The first-order chi connectivity index (χ1) is 38.5. The number of anilines is 4. The molecule has 0 fully saturated rings. The standard InChI is InChI=1S/C50H74Cl2N18O10/c1-31(63-47(57)69-45(71)37-41(53)67-43(55)39(51)65-37)5-7-33-9-13-35(14-10-33)79-29-27-77-25-23-75-21-19-61-49(73)59-17-3-4-18-60-50(74)62-20-22-76-24-26-78-28-30-80-36-15-11-34(12-16-36)8-6-32(2)64-48(58)70-46(72)38-42(54)68-44(56)40(52)66-38/h9-16,31-32H,3-8,17-30H2,1-2H3,(H4,53,55,67)(H4,54,56,68)(H2,59,61,73)(H2,60,62,74)(H3,57,63,69,71)(H3,58,64,70,72). The van der Waals surface area contributed by atoms with E-state index in [1.165, 1.54) is 0 Å². The monoisotopic (exact) mass is 1160 g/mol. The lowest BCUT2D eigenvalue weighted by Gasteiger charge is -2.11. The third-order valence-corrected chi connectivity index (χ3v) is 11.5. The van der Waals surface area contributed by atoms with E-state index in [0.717, 1.165) is 24.0 Å². The Morgan fingerprint density at radius 3 is 1.20 bits per heavy atom. The summed E-state index contributed by atoms with van der Waals surface area (Å²) in [6, 6.07) is 14.4. The Morgan fingerprint density at radius 2 is 0.825 bits per heavy atom. The number of nitrogen functional groups attached to an aromatic ring is 4. The van der Waals surface area contributed by atoms with Crippen LogP contribution in [0.2, 0.25) is 10.3 Å². The fraction of sp³-hybridized carbons (Fsp3) is 0.480. The van der Waals surface area contributed by atoms with Gasteiger partial charge in [-0.2, -0.15) is 0 Å². The Morgan fingerprint density at radius 1 is 0.487 bits per heavy atom. The third-order valence-electron chi connectivity index (χ3n) is 11.0. The summed E-state index contributed by atoms with van der Waals surface area (Å²) in [6.07, 6.45) is 4.14. The number of hydrogen-bond donors (Lipinski definition) is 12. The van der Waals surface area contributed by atoms with Crippen molar-refractivity contribution >= 4 is 82.3 Å². The fourth-order valence-electron chi connectivity index (χ4n) is 6.83. The lowest BCUT2D eigenvalue weighted by molar-refractivity contribution is 0.0377. The Balaban J connectivity index is 0.869. The molecule has 0 radical (unpaired) electrons. The number of nitrogens with one attached hydrogen (secondary N) is 6. The molecule has 0 aliphatic rings. The van der Waals surface area contributed by atoms with Gasteiger partial charge in [0.05, 0.1) is 64.9 Å². The highest BCUT2D eigenvalue weighted by Gasteiger charge is 2.19. The van der Waals surface area contributed by atoms with Crippen molar-refractivity contribution in [3.05, 3.63) is 81.4 Å². The van der Waals surface area contributed by atoms with E-state index in [2.05, 4.69) is 61.8 Å². The predicted molar refractivity (Wildman–Crippen MR) is 305 cm³/mol. The number of rotatable bonds is 35. The van der Waals surface area contributed by atoms with Crippen LogP contribution in [0.4, 0.5) is 32.9 Å². The Bertz CT molecular complexity index is 2450. The smallest absolute Gasteiger partial charge is 0.314 e. The van der Waals surface area contributed by atoms with Gasteiger partial charge in [-0.05, 0) is 87.8 Å². The molecule has 2 atom stereocenters. The van der Waals surface area contributed by atoms with Crippen LogP contribution in [0, 0.1) is 0 Å². The van der Waals surface area contributed by atoms with Crippen molar-refractivity contribution < 1.29 is 47.6 Å². The normalized spacial score (nSPS) is 12.2. The van der Waals surface area contributed by atoms with Crippen LogP contribution in [0.1, 0.15) is 71.6 Å². The number of carbonyl (C=O) groups excluding carboxylic acids is 4. The first-order valence-corrected chi connectivity index (χ1v) is 26.5. The summed E-state index contributed by atoms with van der Waals surface area (Å²) in [5.41, 5.74) is 36.1. The Kier molecular flexibility index (Phi) is 29.5. The number of guanidine groups is 2. The number of urea groups is 2. The molecular formula is C50H74Cl2N18O10. The van der Waals surface area contributed by atoms with Crippen molar-refractivity contribution in [1.82, 2.24) is 51.8 Å². The molecule has 0 aliphatic heterocycles. The van der Waals surface area contributed by atoms with E-state index < -0.39 is 11.8 Å². The molecule has 2 aromatic carbocycles. The number of unbranched alkanes of at least 4 members (excludes halogenated alkanes) is 1. The summed E-state index contributed by atoms with van der Waals surface area (Å²) in [7, 11) is 0. The van der Waals surface area contributed by atoms with E-state index in [4.69, 9.17) is 86.0 Å². The molecule has 28 nitrogen and oxygen atoms in total. The number of amides is 6. The van der Waals surface area contributed by atoms with Gasteiger partial charge in [0.2, 0.25) is 0 Å². The van der Waals surface area contributed by atoms with Crippen LogP contribution >= 0.6 is 23.2 Å². The van der Waals surface area contributed by atoms with Crippen LogP contribution in [0.25, 0.3) is 0 Å². The largest absolute Gasteiger partial charge is 0.491 e. The highest BCUT2D eigenvalue weighted by molar-refractivity contribution is 6.32. The average molecular weight is 1160 g/mol. The second-order valence-corrected chi connectivity index (χ2v) is 18.2. The second kappa shape index (κ2) is 36.4. The number of carbonyl (C=O) groups is 4. The van der Waals surface area contributed by atoms with Gasteiger partial charge in [-0.25, -0.2) is 29.5 Å². The third kappa shape index (κ3) is 26.3. The molecule has 4 rings (SSSR count). The van der Waals surface area contributed by atoms with Crippen molar-refractivity contribution in [2.45, 2.75) is 64.5 Å². The molecule has 80 heavy (non-hydrogen) atoms.